The molecule has 0 spiro atoms. The van der Waals surface area contributed by atoms with Crippen LogP contribution in [0.5, 0.6) is 0 Å². The highest BCUT2D eigenvalue weighted by Gasteiger charge is 2.30. The van der Waals surface area contributed by atoms with E-state index in [4.69, 9.17) is 5.11 Å². The van der Waals surface area contributed by atoms with Crippen LogP contribution in [-0.4, -0.2) is 41.5 Å². The van der Waals surface area contributed by atoms with Crippen LogP contribution in [0.25, 0.3) is 0 Å². The second kappa shape index (κ2) is 6.52. The number of fused-ring (bicyclic) bond motifs is 1. The number of carboxylic acid groups (broad SMARTS) is 1. The van der Waals surface area contributed by atoms with Crippen LogP contribution in [0, 0.1) is 0 Å². The molecule has 0 radical (unpaired) electrons. The number of benzene rings is 1. The van der Waals surface area contributed by atoms with Gasteiger partial charge in [-0.25, -0.2) is 0 Å². The lowest BCUT2D eigenvalue weighted by Crippen LogP contribution is -2.45. The molecule has 0 saturated carbocycles. The fraction of sp³-hybridized carbons (Fsp3) is 0.467. The Balaban J connectivity index is 2.21. The van der Waals surface area contributed by atoms with E-state index in [2.05, 4.69) is 5.32 Å². The van der Waals surface area contributed by atoms with Crippen molar-refractivity contribution in [3.05, 3.63) is 35.4 Å². The molecule has 1 amide bonds. The average Bonchev–Trinajstić information content (AvgIpc) is 2.45. The third-order valence-corrected chi connectivity index (χ3v) is 3.49. The van der Waals surface area contributed by atoms with Crippen LogP contribution < -0.4 is 5.32 Å². The summed E-state index contributed by atoms with van der Waals surface area (Å²) in [6.45, 7) is 2.89. The Morgan fingerprint density at radius 2 is 2.15 bits per heavy atom. The van der Waals surface area contributed by atoms with Gasteiger partial charge in [0.05, 0.1) is 0 Å². The van der Waals surface area contributed by atoms with Gasteiger partial charge in [0.25, 0.3) is 0 Å². The molecule has 2 N–H and O–H groups in total. The summed E-state index contributed by atoms with van der Waals surface area (Å²) in [5.74, 6) is -1.13. The predicted octanol–water partition coefficient (Wildman–Crippen LogP) is 1.20. The standard InChI is InChI=1S/C15H20N2O3/c1-2-9-17(10-13(18)19)15(20)14-12-6-4-3-5-11(12)7-8-16-14/h3-6,14,16H,2,7-10H2,1H3,(H,18,19). The van der Waals surface area contributed by atoms with Gasteiger partial charge in [0, 0.05) is 13.1 Å². The zero-order valence-corrected chi connectivity index (χ0v) is 11.6. The molecule has 1 aromatic carbocycles. The summed E-state index contributed by atoms with van der Waals surface area (Å²) >= 11 is 0. The zero-order chi connectivity index (χ0) is 14.5. The molecule has 0 fully saturated rings. The SMILES string of the molecule is CCCN(CC(=O)O)C(=O)C1NCCc2ccccc21. The summed E-state index contributed by atoms with van der Waals surface area (Å²) in [7, 11) is 0. The van der Waals surface area contributed by atoms with Crippen molar-refractivity contribution >= 4 is 11.9 Å². The fourth-order valence-electron chi connectivity index (χ4n) is 2.61. The van der Waals surface area contributed by atoms with Gasteiger partial charge in [0.1, 0.15) is 12.6 Å². The maximum absolute atomic E-state index is 12.6. The molecular formula is C15H20N2O3. The van der Waals surface area contributed by atoms with E-state index in [0.717, 1.165) is 30.5 Å². The number of nitrogens with zero attached hydrogens (tertiary/aromatic N) is 1. The van der Waals surface area contributed by atoms with E-state index >= 15 is 0 Å². The largest absolute Gasteiger partial charge is 0.480 e. The van der Waals surface area contributed by atoms with Crippen molar-refractivity contribution in [3.63, 3.8) is 0 Å². The Bertz CT molecular complexity index is 502. The van der Waals surface area contributed by atoms with Crippen molar-refractivity contribution in [2.24, 2.45) is 0 Å². The second-order valence-electron chi connectivity index (χ2n) is 4.99. The molecule has 0 saturated heterocycles. The number of amides is 1. The Hall–Kier alpha value is -1.88. The topological polar surface area (TPSA) is 69.6 Å². The first-order valence-electron chi connectivity index (χ1n) is 6.95. The van der Waals surface area contributed by atoms with Crippen molar-refractivity contribution in [2.75, 3.05) is 19.6 Å². The smallest absolute Gasteiger partial charge is 0.323 e. The second-order valence-corrected chi connectivity index (χ2v) is 4.99. The quantitative estimate of drug-likeness (QED) is 0.847. The fourth-order valence-corrected chi connectivity index (χ4v) is 2.61. The van der Waals surface area contributed by atoms with Gasteiger partial charge in [-0.3, -0.25) is 9.59 Å². The van der Waals surface area contributed by atoms with Crippen molar-refractivity contribution in [3.8, 4) is 0 Å². The predicted molar refractivity (Wildman–Crippen MR) is 75.4 cm³/mol. The highest BCUT2D eigenvalue weighted by Crippen LogP contribution is 2.24. The molecule has 1 atom stereocenters. The molecule has 1 unspecified atom stereocenters. The molecule has 0 aromatic heterocycles. The molecule has 1 heterocycles. The number of nitrogens with one attached hydrogen (secondary N) is 1. The van der Waals surface area contributed by atoms with Crippen LogP contribution in [0.4, 0.5) is 0 Å². The molecule has 108 valence electrons. The summed E-state index contributed by atoms with van der Waals surface area (Å²) in [6.07, 6.45) is 1.64. The van der Waals surface area contributed by atoms with Crippen LogP contribution in [0.15, 0.2) is 24.3 Å². The van der Waals surface area contributed by atoms with Crippen LogP contribution in [-0.2, 0) is 16.0 Å². The molecule has 1 aliphatic rings. The highest BCUT2D eigenvalue weighted by atomic mass is 16.4. The van der Waals surface area contributed by atoms with E-state index in [0.29, 0.717) is 6.54 Å². The average molecular weight is 276 g/mol. The first kappa shape index (κ1) is 14.5. The number of hydrogen-bond acceptors (Lipinski definition) is 3. The Labute approximate surface area is 118 Å². The summed E-state index contributed by atoms with van der Waals surface area (Å²) in [6, 6.07) is 7.42. The van der Waals surface area contributed by atoms with Gasteiger partial charge in [-0.1, -0.05) is 31.2 Å². The summed E-state index contributed by atoms with van der Waals surface area (Å²) in [5.41, 5.74) is 2.13. The third kappa shape index (κ3) is 3.17. The molecular weight excluding hydrogens is 256 g/mol. The van der Waals surface area contributed by atoms with Gasteiger partial charge >= 0.3 is 5.97 Å². The normalized spacial score (nSPS) is 17.4. The minimum atomic E-state index is -0.976. The molecule has 5 heteroatoms. The lowest BCUT2D eigenvalue weighted by Gasteiger charge is -2.30. The number of hydrogen-bond donors (Lipinski definition) is 2. The number of carbonyl (C=O) groups excluding carboxylic acids is 1. The van der Waals surface area contributed by atoms with Gasteiger partial charge < -0.3 is 15.3 Å². The first-order chi connectivity index (χ1) is 9.63. The maximum atomic E-state index is 12.6. The number of carboxylic acids is 1. The molecule has 2 rings (SSSR count). The molecule has 0 bridgehead atoms. The van der Waals surface area contributed by atoms with Gasteiger partial charge in [-0.15, -0.1) is 0 Å². The van der Waals surface area contributed by atoms with Crippen LogP contribution in [0.1, 0.15) is 30.5 Å². The minimum absolute atomic E-state index is 0.151. The van der Waals surface area contributed by atoms with E-state index in [-0.39, 0.29) is 12.5 Å². The van der Waals surface area contributed by atoms with E-state index in [9.17, 15) is 9.59 Å². The van der Waals surface area contributed by atoms with E-state index < -0.39 is 12.0 Å². The van der Waals surface area contributed by atoms with Crippen LogP contribution in [0.2, 0.25) is 0 Å². The molecule has 1 aliphatic heterocycles. The molecule has 0 aliphatic carbocycles. The van der Waals surface area contributed by atoms with Crippen LogP contribution >= 0.6 is 0 Å². The van der Waals surface area contributed by atoms with Gasteiger partial charge in [-0.05, 0) is 24.0 Å². The van der Waals surface area contributed by atoms with Crippen molar-refractivity contribution in [1.82, 2.24) is 10.2 Å². The summed E-state index contributed by atoms with van der Waals surface area (Å²) in [4.78, 5) is 24.9. The molecule has 1 aromatic rings. The Kier molecular flexibility index (Phi) is 4.74. The van der Waals surface area contributed by atoms with Gasteiger partial charge in [0.15, 0.2) is 0 Å². The maximum Gasteiger partial charge on any atom is 0.323 e. The zero-order valence-electron chi connectivity index (χ0n) is 11.6. The lowest BCUT2D eigenvalue weighted by atomic mass is 9.93. The number of rotatable bonds is 5. The first-order valence-corrected chi connectivity index (χ1v) is 6.95. The minimum Gasteiger partial charge on any atom is -0.480 e. The summed E-state index contributed by atoms with van der Waals surface area (Å²) < 4.78 is 0. The van der Waals surface area contributed by atoms with E-state index in [1.165, 1.54) is 4.90 Å². The monoisotopic (exact) mass is 276 g/mol. The Morgan fingerprint density at radius 3 is 2.85 bits per heavy atom. The van der Waals surface area contributed by atoms with Crippen molar-refractivity contribution < 1.29 is 14.7 Å². The summed E-state index contributed by atoms with van der Waals surface area (Å²) in [5, 5.41) is 12.1. The van der Waals surface area contributed by atoms with E-state index in [1.54, 1.807) is 0 Å². The van der Waals surface area contributed by atoms with Gasteiger partial charge in [-0.2, -0.15) is 0 Å². The van der Waals surface area contributed by atoms with Crippen LogP contribution in [0.3, 0.4) is 0 Å². The third-order valence-electron chi connectivity index (χ3n) is 3.49. The molecule has 5 nitrogen and oxygen atoms in total. The van der Waals surface area contributed by atoms with Crippen molar-refractivity contribution in [2.45, 2.75) is 25.8 Å². The van der Waals surface area contributed by atoms with Gasteiger partial charge in [0.2, 0.25) is 5.91 Å². The number of aliphatic carboxylic acids is 1. The number of carbonyl (C=O) groups is 2. The highest BCUT2D eigenvalue weighted by molar-refractivity contribution is 5.87. The lowest BCUT2D eigenvalue weighted by molar-refractivity contribution is -0.145. The van der Waals surface area contributed by atoms with Crippen molar-refractivity contribution in [1.29, 1.82) is 0 Å². The molecule has 20 heavy (non-hydrogen) atoms. The Morgan fingerprint density at radius 1 is 1.40 bits per heavy atom. The van der Waals surface area contributed by atoms with E-state index in [1.807, 2.05) is 31.2 Å².